The van der Waals surface area contributed by atoms with Crippen LogP contribution >= 0.6 is 0 Å². The summed E-state index contributed by atoms with van der Waals surface area (Å²) in [6.07, 6.45) is 0. The SMILES string of the molecule is COc1c(C(C)N)cc(C)cc1C(C)(F)F. The third-order valence-corrected chi connectivity index (χ3v) is 2.43. The maximum Gasteiger partial charge on any atom is 0.274 e. The van der Waals surface area contributed by atoms with E-state index in [0.29, 0.717) is 5.56 Å². The normalized spacial score (nSPS) is 13.7. The number of ether oxygens (including phenoxy) is 1. The predicted molar refractivity (Wildman–Crippen MR) is 59.9 cm³/mol. The van der Waals surface area contributed by atoms with Crippen molar-refractivity contribution >= 4 is 0 Å². The molecule has 2 N–H and O–H groups in total. The Kier molecular flexibility index (Phi) is 3.53. The van der Waals surface area contributed by atoms with Crippen LogP contribution in [0.3, 0.4) is 0 Å². The Labute approximate surface area is 94.4 Å². The lowest BCUT2D eigenvalue weighted by molar-refractivity contribution is 0.0148. The summed E-state index contributed by atoms with van der Waals surface area (Å²) in [5.74, 6) is -2.74. The minimum Gasteiger partial charge on any atom is -0.496 e. The van der Waals surface area contributed by atoms with Crippen LogP contribution < -0.4 is 10.5 Å². The van der Waals surface area contributed by atoms with Gasteiger partial charge in [0.1, 0.15) is 5.75 Å². The highest BCUT2D eigenvalue weighted by Crippen LogP contribution is 2.39. The van der Waals surface area contributed by atoms with E-state index in [0.717, 1.165) is 12.5 Å². The van der Waals surface area contributed by atoms with Crippen molar-refractivity contribution in [2.24, 2.45) is 5.73 Å². The van der Waals surface area contributed by atoms with Crippen LogP contribution in [0.15, 0.2) is 12.1 Å². The Bertz CT molecular complexity index is 383. The van der Waals surface area contributed by atoms with Gasteiger partial charge in [-0.2, -0.15) is 0 Å². The zero-order chi connectivity index (χ0) is 12.5. The van der Waals surface area contributed by atoms with Crippen molar-refractivity contribution in [3.8, 4) is 5.75 Å². The van der Waals surface area contributed by atoms with Crippen molar-refractivity contribution in [3.05, 3.63) is 28.8 Å². The number of aryl methyl sites for hydroxylation is 1. The number of benzene rings is 1. The molecule has 0 amide bonds. The van der Waals surface area contributed by atoms with E-state index in [1.54, 1.807) is 19.9 Å². The Hall–Kier alpha value is -1.16. The van der Waals surface area contributed by atoms with Gasteiger partial charge in [0.05, 0.1) is 12.7 Å². The number of rotatable bonds is 3. The van der Waals surface area contributed by atoms with E-state index in [1.807, 2.05) is 0 Å². The summed E-state index contributed by atoms with van der Waals surface area (Å²) in [7, 11) is 1.38. The van der Waals surface area contributed by atoms with Gasteiger partial charge in [-0.25, -0.2) is 8.78 Å². The molecule has 0 aliphatic rings. The van der Waals surface area contributed by atoms with Crippen molar-refractivity contribution < 1.29 is 13.5 Å². The van der Waals surface area contributed by atoms with Crippen LogP contribution in [0.25, 0.3) is 0 Å². The number of hydrogen-bond acceptors (Lipinski definition) is 2. The number of hydrogen-bond donors (Lipinski definition) is 1. The molecule has 1 rings (SSSR count). The molecule has 0 spiro atoms. The molecule has 0 aromatic heterocycles. The monoisotopic (exact) mass is 229 g/mol. The van der Waals surface area contributed by atoms with Crippen LogP contribution in [-0.4, -0.2) is 7.11 Å². The van der Waals surface area contributed by atoms with Crippen molar-refractivity contribution in [1.82, 2.24) is 0 Å². The van der Waals surface area contributed by atoms with Crippen LogP contribution in [0, 0.1) is 6.92 Å². The van der Waals surface area contributed by atoms with Gasteiger partial charge in [0.25, 0.3) is 5.92 Å². The highest BCUT2D eigenvalue weighted by Gasteiger charge is 2.30. The van der Waals surface area contributed by atoms with Crippen molar-refractivity contribution in [2.75, 3.05) is 7.11 Å². The largest absolute Gasteiger partial charge is 0.496 e. The first kappa shape index (κ1) is 12.9. The van der Waals surface area contributed by atoms with Crippen molar-refractivity contribution in [3.63, 3.8) is 0 Å². The highest BCUT2D eigenvalue weighted by atomic mass is 19.3. The molecule has 0 saturated heterocycles. The van der Waals surface area contributed by atoms with Gasteiger partial charge < -0.3 is 10.5 Å². The lowest BCUT2D eigenvalue weighted by Crippen LogP contribution is -2.14. The standard InChI is InChI=1S/C12H17F2NO/c1-7-5-9(8(2)15)11(16-4)10(6-7)12(3,13)14/h5-6,8H,15H2,1-4H3. The zero-order valence-corrected chi connectivity index (χ0v) is 9.97. The van der Waals surface area contributed by atoms with Gasteiger partial charge >= 0.3 is 0 Å². The van der Waals surface area contributed by atoms with E-state index in [-0.39, 0.29) is 17.4 Å². The van der Waals surface area contributed by atoms with Crippen LogP contribution in [0.2, 0.25) is 0 Å². The average molecular weight is 229 g/mol. The zero-order valence-electron chi connectivity index (χ0n) is 9.97. The molecule has 0 radical (unpaired) electrons. The second kappa shape index (κ2) is 4.37. The fraction of sp³-hybridized carbons (Fsp3) is 0.500. The number of halogens is 2. The second-order valence-corrected chi connectivity index (χ2v) is 4.11. The Morgan fingerprint density at radius 3 is 2.31 bits per heavy atom. The van der Waals surface area contributed by atoms with Gasteiger partial charge in [-0.1, -0.05) is 11.6 Å². The molecular formula is C12H17F2NO. The van der Waals surface area contributed by atoms with Crippen LogP contribution in [0.1, 0.15) is 36.6 Å². The first-order valence-electron chi connectivity index (χ1n) is 5.09. The molecule has 0 aliphatic carbocycles. The lowest BCUT2D eigenvalue weighted by Gasteiger charge is -2.20. The highest BCUT2D eigenvalue weighted by molar-refractivity contribution is 5.47. The Balaban J connectivity index is 3.49. The third-order valence-electron chi connectivity index (χ3n) is 2.43. The minimum atomic E-state index is -2.93. The van der Waals surface area contributed by atoms with Gasteiger partial charge in [-0.05, 0) is 19.9 Å². The average Bonchev–Trinajstić information content (AvgIpc) is 2.14. The summed E-state index contributed by atoms with van der Waals surface area (Å²) < 4.78 is 31.9. The predicted octanol–water partition coefficient (Wildman–Crippen LogP) is 3.14. The molecular weight excluding hydrogens is 212 g/mol. The molecule has 1 unspecified atom stereocenters. The van der Waals surface area contributed by atoms with Gasteiger partial charge in [0.2, 0.25) is 0 Å². The van der Waals surface area contributed by atoms with Crippen LogP contribution in [0.5, 0.6) is 5.75 Å². The maximum absolute atomic E-state index is 13.4. The molecule has 0 saturated carbocycles. The summed E-state index contributed by atoms with van der Waals surface area (Å²) in [6, 6.07) is 2.87. The molecule has 1 aromatic rings. The third kappa shape index (κ3) is 2.50. The quantitative estimate of drug-likeness (QED) is 0.864. The summed E-state index contributed by atoms with van der Waals surface area (Å²) in [4.78, 5) is 0. The van der Waals surface area contributed by atoms with E-state index < -0.39 is 5.92 Å². The van der Waals surface area contributed by atoms with E-state index >= 15 is 0 Å². The molecule has 4 heteroatoms. The molecule has 0 bridgehead atoms. The molecule has 1 atom stereocenters. The first-order valence-corrected chi connectivity index (χ1v) is 5.09. The van der Waals surface area contributed by atoms with Gasteiger partial charge in [0.15, 0.2) is 0 Å². The van der Waals surface area contributed by atoms with Crippen LogP contribution in [0.4, 0.5) is 8.78 Å². The van der Waals surface area contributed by atoms with E-state index in [2.05, 4.69) is 0 Å². The second-order valence-electron chi connectivity index (χ2n) is 4.11. The summed E-state index contributed by atoms with van der Waals surface area (Å²) >= 11 is 0. The molecule has 0 fully saturated rings. The Morgan fingerprint density at radius 1 is 1.38 bits per heavy atom. The number of methoxy groups -OCH3 is 1. The first-order chi connectivity index (χ1) is 7.27. The van der Waals surface area contributed by atoms with E-state index in [9.17, 15) is 8.78 Å². The van der Waals surface area contributed by atoms with E-state index in [1.165, 1.54) is 13.2 Å². The van der Waals surface area contributed by atoms with E-state index in [4.69, 9.17) is 10.5 Å². The smallest absolute Gasteiger partial charge is 0.274 e. The molecule has 0 heterocycles. The summed E-state index contributed by atoms with van der Waals surface area (Å²) in [6.45, 7) is 4.37. The van der Waals surface area contributed by atoms with Crippen molar-refractivity contribution in [2.45, 2.75) is 32.7 Å². The van der Waals surface area contributed by atoms with Gasteiger partial charge in [0, 0.05) is 18.5 Å². The van der Waals surface area contributed by atoms with Gasteiger partial charge in [-0.3, -0.25) is 0 Å². The summed E-state index contributed by atoms with van der Waals surface area (Å²) in [5, 5.41) is 0. The lowest BCUT2D eigenvalue weighted by atomic mass is 9.97. The van der Waals surface area contributed by atoms with Crippen molar-refractivity contribution in [1.29, 1.82) is 0 Å². The molecule has 16 heavy (non-hydrogen) atoms. The molecule has 2 nitrogen and oxygen atoms in total. The summed E-state index contributed by atoms with van der Waals surface area (Å²) in [5.41, 5.74) is 7.00. The maximum atomic E-state index is 13.4. The molecule has 90 valence electrons. The number of alkyl halides is 2. The fourth-order valence-corrected chi connectivity index (χ4v) is 1.69. The fourth-order valence-electron chi connectivity index (χ4n) is 1.69. The topological polar surface area (TPSA) is 35.2 Å². The molecule has 0 aliphatic heterocycles. The molecule has 1 aromatic carbocycles. The van der Waals surface area contributed by atoms with Gasteiger partial charge in [-0.15, -0.1) is 0 Å². The van der Waals surface area contributed by atoms with Crippen LogP contribution in [-0.2, 0) is 5.92 Å². The number of nitrogens with two attached hydrogens (primary N) is 1. The Morgan fingerprint density at radius 2 is 1.94 bits per heavy atom. The minimum absolute atomic E-state index is 0.109.